The molecule has 0 atom stereocenters. The fourth-order valence-electron chi connectivity index (χ4n) is 5.29. The van der Waals surface area contributed by atoms with Crippen LogP contribution in [0, 0.1) is 5.41 Å². The molecule has 1 amide bonds. The van der Waals surface area contributed by atoms with Crippen LogP contribution in [0.2, 0.25) is 0 Å². The number of hydrogen-bond acceptors (Lipinski definition) is 7. The summed E-state index contributed by atoms with van der Waals surface area (Å²) in [4.78, 5) is 31.7. The molecule has 2 aromatic carbocycles. The van der Waals surface area contributed by atoms with E-state index in [0.29, 0.717) is 13.0 Å². The van der Waals surface area contributed by atoms with E-state index in [1.165, 1.54) is 15.6 Å². The molecule has 5 rings (SSSR count). The van der Waals surface area contributed by atoms with Gasteiger partial charge < -0.3 is 14.5 Å². The standard InChI is InChI=1S/C28H34N4O3S/c1-4-35-25(33)19-32-23-10-9-20(17-21(23)18-28(2,3)27(32)34)11-12-30-13-15-31(16-14-30)26-22-7-5-6-8-24(22)36-29-26/h5-10,17H,4,11-16,18-19H2,1-3H3. The third-order valence-electron chi connectivity index (χ3n) is 7.23. The van der Waals surface area contributed by atoms with Gasteiger partial charge in [-0.1, -0.05) is 38.1 Å². The SMILES string of the molecule is CCOC(=O)CN1C(=O)C(C)(C)Cc2cc(CCN3CCN(c4nsc5ccccc45)CC3)ccc21. The Hall–Kier alpha value is -2.97. The Labute approximate surface area is 216 Å². The van der Waals surface area contributed by atoms with Crippen LogP contribution in [0.3, 0.4) is 0 Å². The van der Waals surface area contributed by atoms with Gasteiger partial charge in [-0.2, -0.15) is 4.37 Å². The minimum atomic E-state index is -0.547. The molecule has 0 aliphatic carbocycles. The second-order valence-electron chi connectivity index (χ2n) is 10.3. The summed E-state index contributed by atoms with van der Waals surface area (Å²) in [6, 6.07) is 14.8. The zero-order chi connectivity index (χ0) is 25.3. The van der Waals surface area contributed by atoms with Gasteiger partial charge in [-0.3, -0.25) is 14.5 Å². The van der Waals surface area contributed by atoms with E-state index in [-0.39, 0.29) is 18.4 Å². The molecule has 0 spiro atoms. The van der Waals surface area contributed by atoms with Crippen LogP contribution in [0.25, 0.3) is 10.1 Å². The predicted octanol–water partition coefficient (Wildman–Crippen LogP) is 4.14. The van der Waals surface area contributed by atoms with E-state index >= 15 is 0 Å². The van der Waals surface area contributed by atoms with Crippen LogP contribution < -0.4 is 9.80 Å². The normalized spacial score (nSPS) is 17.9. The summed E-state index contributed by atoms with van der Waals surface area (Å²) in [5, 5.41) is 1.25. The first-order chi connectivity index (χ1) is 17.4. The van der Waals surface area contributed by atoms with Crippen LogP contribution in [-0.2, 0) is 27.2 Å². The van der Waals surface area contributed by atoms with Crippen molar-refractivity contribution in [1.82, 2.24) is 9.27 Å². The topological polar surface area (TPSA) is 66.0 Å². The summed E-state index contributed by atoms with van der Waals surface area (Å²) in [6.07, 6.45) is 1.63. The molecular formula is C28H34N4O3S. The van der Waals surface area contributed by atoms with Crippen LogP contribution in [0.5, 0.6) is 0 Å². The Balaban J connectivity index is 1.21. The highest BCUT2D eigenvalue weighted by Crippen LogP contribution is 2.38. The molecule has 0 saturated carbocycles. The van der Waals surface area contributed by atoms with Crippen molar-refractivity contribution in [3.63, 3.8) is 0 Å². The largest absolute Gasteiger partial charge is 0.465 e. The number of nitrogens with zero attached hydrogens (tertiary/aromatic N) is 4. The second-order valence-corrected chi connectivity index (χ2v) is 11.1. The molecule has 1 saturated heterocycles. The second kappa shape index (κ2) is 10.2. The molecule has 1 fully saturated rings. The molecule has 1 aromatic heterocycles. The smallest absolute Gasteiger partial charge is 0.326 e. The maximum atomic E-state index is 13.1. The number of benzene rings is 2. The lowest BCUT2D eigenvalue weighted by molar-refractivity contribution is -0.143. The van der Waals surface area contributed by atoms with E-state index < -0.39 is 5.41 Å². The first-order valence-electron chi connectivity index (χ1n) is 12.8. The number of fused-ring (bicyclic) bond motifs is 2. The molecule has 190 valence electrons. The van der Waals surface area contributed by atoms with Crippen molar-refractivity contribution in [3.8, 4) is 0 Å². The molecule has 2 aliphatic heterocycles. The van der Waals surface area contributed by atoms with Gasteiger partial charge in [0.25, 0.3) is 0 Å². The molecule has 2 aliphatic rings. The summed E-state index contributed by atoms with van der Waals surface area (Å²) in [7, 11) is 0. The molecule has 0 N–H and O–H groups in total. The van der Waals surface area contributed by atoms with Gasteiger partial charge in [-0.25, -0.2) is 0 Å². The molecule has 0 radical (unpaired) electrons. The Morgan fingerprint density at radius 1 is 1.11 bits per heavy atom. The minimum Gasteiger partial charge on any atom is -0.465 e. The maximum absolute atomic E-state index is 13.1. The fourth-order valence-corrected chi connectivity index (χ4v) is 6.09. The minimum absolute atomic E-state index is 0.0263. The first kappa shape index (κ1) is 24.7. The van der Waals surface area contributed by atoms with Crippen molar-refractivity contribution in [1.29, 1.82) is 0 Å². The number of esters is 1. The van der Waals surface area contributed by atoms with Crippen LogP contribution in [0.1, 0.15) is 31.9 Å². The van der Waals surface area contributed by atoms with E-state index in [9.17, 15) is 9.59 Å². The highest BCUT2D eigenvalue weighted by atomic mass is 32.1. The predicted molar refractivity (Wildman–Crippen MR) is 145 cm³/mol. The Morgan fingerprint density at radius 2 is 1.89 bits per heavy atom. The van der Waals surface area contributed by atoms with Crippen LogP contribution >= 0.6 is 11.5 Å². The van der Waals surface area contributed by atoms with Gasteiger partial charge in [0.05, 0.1) is 11.3 Å². The number of piperazine rings is 1. The van der Waals surface area contributed by atoms with Gasteiger partial charge in [0, 0.05) is 49.2 Å². The van der Waals surface area contributed by atoms with Crippen molar-refractivity contribution in [2.45, 2.75) is 33.6 Å². The molecule has 0 bridgehead atoms. The van der Waals surface area contributed by atoms with E-state index in [4.69, 9.17) is 9.11 Å². The monoisotopic (exact) mass is 506 g/mol. The zero-order valence-corrected chi connectivity index (χ0v) is 22.1. The Bertz CT molecular complexity index is 1260. The van der Waals surface area contributed by atoms with Crippen molar-refractivity contribution in [2.75, 3.05) is 55.7 Å². The van der Waals surface area contributed by atoms with Crippen LogP contribution in [0.15, 0.2) is 42.5 Å². The van der Waals surface area contributed by atoms with Crippen molar-refractivity contribution in [2.24, 2.45) is 5.41 Å². The summed E-state index contributed by atoms with van der Waals surface area (Å²) in [6.45, 7) is 11.0. The average Bonchev–Trinajstić information content (AvgIpc) is 3.30. The lowest BCUT2D eigenvalue weighted by atomic mass is 9.79. The van der Waals surface area contributed by atoms with Crippen molar-refractivity contribution < 1.29 is 14.3 Å². The van der Waals surface area contributed by atoms with Gasteiger partial charge in [0.2, 0.25) is 5.91 Å². The van der Waals surface area contributed by atoms with Gasteiger partial charge in [-0.15, -0.1) is 0 Å². The van der Waals surface area contributed by atoms with E-state index in [1.807, 2.05) is 19.9 Å². The Kier molecular flexibility index (Phi) is 6.99. The third-order valence-corrected chi connectivity index (χ3v) is 8.05. The average molecular weight is 507 g/mol. The lowest BCUT2D eigenvalue weighted by Gasteiger charge is -2.38. The molecule has 7 nitrogen and oxygen atoms in total. The quantitative estimate of drug-likeness (QED) is 0.449. The number of carbonyl (C=O) groups excluding carboxylic acids is 2. The highest BCUT2D eigenvalue weighted by molar-refractivity contribution is 7.13. The molecule has 3 heterocycles. The van der Waals surface area contributed by atoms with Crippen LogP contribution in [-0.4, -0.2) is 67.0 Å². The fraction of sp³-hybridized carbons (Fsp3) is 0.464. The molecule has 36 heavy (non-hydrogen) atoms. The molecular weight excluding hydrogens is 472 g/mol. The number of hydrogen-bond donors (Lipinski definition) is 0. The van der Waals surface area contributed by atoms with Crippen molar-refractivity contribution in [3.05, 3.63) is 53.6 Å². The van der Waals surface area contributed by atoms with E-state index in [1.54, 1.807) is 23.4 Å². The van der Waals surface area contributed by atoms with Gasteiger partial charge in [0.15, 0.2) is 0 Å². The zero-order valence-electron chi connectivity index (χ0n) is 21.3. The molecule has 0 unspecified atom stereocenters. The van der Waals surface area contributed by atoms with Gasteiger partial charge in [0.1, 0.15) is 12.4 Å². The summed E-state index contributed by atoms with van der Waals surface area (Å²) >= 11 is 1.58. The number of rotatable bonds is 7. The molecule has 3 aromatic rings. The number of anilines is 2. The first-order valence-corrected chi connectivity index (χ1v) is 13.5. The molecule has 8 heteroatoms. The summed E-state index contributed by atoms with van der Waals surface area (Å²) < 4.78 is 11.1. The summed E-state index contributed by atoms with van der Waals surface area (Å²) in [5.41, 5.74) is 2.68. The number of carbonyl (C=O) groups is 2. The third kappa shape index (κ3) is 4.97. The van der Waals surface area contributed by atoms with Gasteiger partial charge >= 0.3 is 5.97 Å². The number of amides is 1. The maximum Gasteiger partial charge on any atom is 0.326 e. The number of ether oxygens (including phenoxy) is 1. The summed E-state index contributed by atoms with van der Waals surface area (Å²) in [5.74, 6) is 0.722. The van der Waals surface area contributed by atoms with Gasteiger partial charge in [-0.05, 0) is 60.6 Å². The Morgan fingerprint density at radius 3 is 2.67 bits per heavy atom. The van der Waals surface area contributed by atoms with E-state index in [0.717, 1.165) is 56.2 Å². The lowest BCUT2D eigenvalue weighted by Crippen LogP contribution is -2.48. The van der Waals surface area contributed by atoms with E-state index in [2.05, 4.69) is 46.2 Å². The highest BCUT2D eigenvalue weighted by Gasteiger charge is 2.39. The number of aromatic nitrogens is 1. The van der Waals surface area contributed by atoms with Crippen molar-refractivity contribution >= 4 is 45.0 Å². The van der Waals surface area contributed by atoms with Crippen LogP contribution in [0.4, 0.5) is 11.5 Å².